The van der Waals surface area contributed by atoms with Crippen molar-refractivity contribution in [2.75, 3.05) is 0 Å². The molecule has 0 radical (unpaired) electrons. The molecule has 164 valence electrons. The fourth-order valence-corrected chi connectivity index (χ4v) is 3.05. The average molecular weight is 442 g/mol. The number of hydrogen-bond donors (Lipinski definition) is 2. The van der Waals surface area contributed by atoms with Crippen molar-refractivity contribution in [2.45, 2.75) is 32.7 Å². The number of aryl methyl sites for hydroxylation is 1. The van der Waals surface area contributed by atoms with Gasteiger partial charge >= 0.3 is 0 Å². The number of nitriles is 2. The molecule has 11 heteroatoms. The minimum absolute atomic E-state index is 0.0201. The molecule has 3 heterocycles. The zero-order valence-corrected chi connectivity index (χ0v) is 17.2. The van der Waals surface area contributed by atoms with Crippen molar-refractivity contribution in [3.63, 3.8) is 0 Å². The fourth-order valence-electron chi connectivity index (χ4n) is 3.05. The van der Waals surface area contributed by atoms with Crippen LogP contribution in [0.15, 0.2) is 29.3 Å². The number of amides is 1. The van der Waals surface area contributed by atoms with E-state index in [1.54, 1.807) is 13.0 Å². The first-order valence-electron chi connectivity index (χ1n) is 9.10. The van der Waals surface area contributed by atoms with Crippen LogP contribution in [-0.4, -0.2) is 21.4 Å². The van der Waals surface area contributed by atoms with Crippen LogP contribution in [-0.2, 0) is 10.7 Å². The fraction of sp³-hybridized carbons (Fsp3) is 0.238. The van der Waals surface area contributed by atoms with Gasteiger partial charge in [0.2, 0.25) is 6.41 Å². The molecule has 0 aliphatic heterocycles. The van der Waals surface area contributed by atoms with E-state index in [1.165, 1.54) is 25.4 Å². The van der Waals surface area contributed by atoms with Crippen molar-refractivity contribution >= 4 is 17.3 Å². The summed E-state index contributed by atoms with van der Waals surface area (Å²) in [6, 6.07) is 5.67. The van der Waals surface area contributed by atoms with E-state index in [0.29, 0.717) is 18.9 Å². The molecular formula is C21H17F3N6O2. The third-order valence-electron chi connectivity index (χ3n) is 4.45. The Balaban J connectivity index is 0.000000235. The van der Waals surface area contributed by atoms with E-state index in [2.05, 4.69) is 20.3 Å². The minimum Gasteiger partial charge on any atom is -0.350 e. The Bertz CT molecular complexity index is 1300. The first-order valence-corrected chi connectivity index (χ1v) is 9.10. The largest absolute Gasteiger partial charge is 0.350 e. The summed E-state index contributed by atoms with van der Waals surface area (Å²) in [5, 5.41) is 20.0. The number of H-pyrrole nitrogens is 1. The molecule has 3 aromatic heterocycles. The van der Waals surface area contributed by atoms with Gasteiger partial charge in [-0.2, -0.15) is 10.5 Å². The van der Waals surface area contributed by atoms with Crippen LogP contribution in [0.3, 0.4) is 0 Å². The van der Waals surface area contributed by atoms with Crippen LogP contribution in [0.25, 0.3) is 10.9 Å². The van der Waals surface area contributed by atoms with Gasteiger partial charge in [-0.05, 0) is 31.5 Å². The molecule has 2 N–H and O–H groups in total. The molecule has 0 saturated carbocycles. The first-order chi connectivity index (χ1) is 15.0. The second-order valence-corrected chi connectivity index (χ2v) is 6.75. The van der Waals surface area contributed by atoms with E-state index in [-0.39, 0.29) is 27.9 Å². The van der Waals surface area contributed by atoms with Crippen molar-refractivity contribution in [3.05, 3.63) is 68.8 Å². The summed E-state index contributed by atoms with van der Waals surface area (Å²) >= 11 is 0. The highest BCUT2D eigenvalue weighted by atomic mass is 19.3. The first kappa shape index (κ1) is 24.0. The second kappa shape index (κ2) is 9.71. The molecule has 1 unspecified atom stereocenters. The van der Waals surface area contributed by atoms with Gasteiger partial charge in [0, 0.05) is 24.7 Å². The number of aromatic amines is 1. The predicted molar refractivity (Wildman–Crippen MR) is 108 cm³/mol. The minimum atomic E-state index is -3.27. The predicted octanol–water partition coefficient (Wildman–Crippen LogP) is 3.11. The summed E-state index contributed by atoms with van der Waals surface area (Å²) in [6.07, 6.45) is 3.09. The van der Waals surface area contributed by atoms with Crippen LogP contribution in [0.4, 0.5) is 13.2 Å². The summed E-state index contributed by atoms with van der Waals surface area (Å²) < 4.78 is 40.1. The Hall–Kier alpha value is -4.25. The summed E-state index contributed by atoms with van der Waals surface area (Å²) in [4.78, 5) is 31.7. The molecule has 0 bridgehead atoms. The van der Waals surface area contributed by atoms with Gasteiger partial charge in [-0.15, -0.1) is 0 Å². The third-order valence-corrected chi connectivity index (χ3v) is 4.45. The molecule has 0 spiro atoms. The van der Waals surface area contributed by atoms with Gasteiger partial charge in [0.25, 0.3) is 11.5 Å². The SMILES string of the molecule is CC(NC=O)c1ncc(C#N)cc1F.Cc1c(C(C)(F)F)c(=O)[nH]c2ccnc(C#N)c12. The highest BCUT2D eigenvalue weighted by Gasteiger charge is 2.31. The number of halogens is 3. The summed E-state index contributed by atoms with van der Waals surface area (Å²) in [5.41, 5.74) is -0.752. The average Bonchev–Trinajstić information content (AvgIpc) is 2.72. The van der Waals surface area contributed by atoms with Crippen LogP contribution >= 0.6 is 0 Å². The Labute approximate surface area is 180 Å². The highest BCUT2D eigenvalue weighted by Crippen LogP contribution is 2.30. The van der Waals surface area contributed by atoms with Gasteiger partial charge in [0.1, 0.15) is 23.6 Å². The highest BCUT2D eigenvalue weighted by molar-refractivity contribution is 5.87. The summed E-state index contributed by atoms with van der Waals surface area (Å²) in [5.74, 6) is -3.86. The Morgan fingerprint density at radius 3 is 2.50 bits per heavy atom. The van der Waals surface area contributed by atoms with Gasteiger partial charge in [-0.25, -0.2) is 18.2 Å². The van der Waals surface area contributed by atoms with Crippen LogP contribution in [0.2, 0.25) is 0 Å². The number of carbonyl (C=O) groups excluding carboxylic acids is 1. The number of alkyl halides is 2. The Morgan fingerprint density at radius 1 is 1.28 bits per heavy atom. The maximum atomic E-state index is 13.4. The molecule has 3 aromatic rings. The number of nitrogens with zero attached hydrogens (tertiary/aromatic N) is 4. The lowest BCUT2D eigenvalue weighted by Crippen LogP contribution is -2.24. The Morgan fingerprint density at radius 2 is 1.97 bits per heavy atom. The quantitative estimate of drug-likeness (QED) is 0.596. The third kappa shape index (κ3) is 5.08. The number of aromatic nitrogens is 3. The van der Waals surface area contributed by atoms with E-state index < -0.39 is 28.9 Å². The molecular weight excluding hydrogens is 425 g/mol. The number of pyridine rings is 3. The van der Waals surface area contributed by atoms with E-state index >= 15 is 0 Å². The smallest absolute Gasteiger partial charge is 0.276 e. The van der Waals surface area contributed by atoms with Crippen LogP contribution in [0.1, 0.15) is 48.0 Å². The molecule has 8 nitrogen and oxygen atoms in total. The lowest BCUT2D eigenvalue weighted by molar-refractivity contribution is -0.110. The molecule has 0 fully saturated rings. The van der Waals surface area contributed by atoms with E-state index in [1.807, 2.05) is 6.07 Å². The number of carbonyl (C=O) groups is 1. The van der Waals surface area contributed by atoms with Crippen LogP contribution < -0.4 is 10.9 Å². The normalized spacial score (nSPS) is 11.5. The molecule has 0 aromatic carbocycles. The maximum Gasteiger partial charge on any atom is 0.276 e. The summed E-state index contributed by atoms with van der Waals surface area (Å²) in [6.45, 7) is 3.65. The number of rotatable bonds is 4. The zero-order valence-electron chi connectivity index (χ0n) is 17.2. The lowest BCUT2D eigenvalue weighted by Gasteiger charge is -2.14. The molecule has 0 saturated heterocycles. The van der Waals surface area contributed by atoms with Crippen molar-refractivity contribution in [1.82, 2.24) is 20.3 Å². The maximum absolute atomic E-state index is 13.4. The Kier molecular flexibility index (Phi) is 7.29. The lowest BCUT2D eigenvalue weighted by atomic mass is 10.0. The van der Waals surface area contributed by atoms with E-state index in [0.717, 1.165) is 6.07 Å². The van der Waals surface area contributed by atoms with Gasteiger partial charge < -0.3 is 10.3 Å². The molecule has 3 rings (SSSR count). The molecule has 0 aliphatic rings. The van der Waals surface area contributed by atoms with Gasteiger partial charge in [-0.1, -0.05) is 0 Å². The van der Waals surface area contributed by atoms with Crippen molar-refractivity contribution in [1.29, 1.82) is 10.5 Å². The second-order valence-electron chi connectivity index (χ2n) is 6.75. The summed E-state index contributed by atoms with van der Waals surface area (Å²) in [7, 11) is 0. The molecule has 1 amide bonds. The topological polar surface area (TPSA) is 135 Å². The number of fused-ring (bicyclic) bond motifs is 1. The van der Waals surface area contributed by atoms with Gasteiger partial charge in [-0.3, -0.25) is 14.6 Å². The van der Waals surface area contributed by atoms with Gasteiger partial charge in [0.05, 0.1) is 28.4 Å². The number of hydrogen-bond acceptors (Lipinski definition) is 6. The van der Waals surface area contributed by atoms with Crippen molar-refractivity contribution < 1.29 is 18.0 Å². The molecule has 0 aliphatic carbocycles. The monoisotopic (exact) mass is 442 g/mol. The van der Waals surface area contributed by atoms with Crippen LogP contribution in [0.5, 0.6) is 0 Å². The zero-order chi connectivity index (χ0) is 24.1. The van der Waals surface area contributed by atoms with Gasteiger partial charge in [0.15, 0.2) is 0 Å². The van der Waals surface area contributed by atoms with Crippen LogP contribution in [0, 0.1) is 35.4 Å². The van der Waals surface area contributed by atoms with E-state index in [9.17, 15) is 22.8 Å². The number of nitrogens with one attached hydrogen (secondary N) is 2. The molecule has 32 heavy (non-hydrogen) atoms. The molecule has 1 atom stereocenters. The van der Waals surface area contributed by atoms with Crippen molar-refractivity contribution in [2.24, 2.45) is 0 Å². The van der Waals surface area contributed by atoms with E-state index in [4.69, 9.17) is 10.5 Å². The standard InChI is InChI=1S/C12H9F2N3O.C9H8FN3O/c1-6-9-7(3-4-16-8(9)5-15)17-11(18)10(6)12(2,13)14;1-6(13-5-14)9-8(10)2-7(3-11)4-12-9/h3-4H,1-2H3,(H,17,18);2,4-6H,1H3,(H,13,14). The van der Waals surface area contributed by atoms with Crippen molar-refractivity contribution in [3.8, 4) is 12.1 Å².